The largest absolute Gasteiger partial charge is 0.489 e. The summed E-state index contributed by atoms with van der Waals surface area (Å²) in [6, 6.07) is 7.10. The Labute approximate surface area is 137 Å². The number of fused-ring (bicyclic) bond motifs is 1. The fourth-order valence-electron chi connectivity index (χ4n) is 2.37. The molecule has 0 aliphatic carbocycles. The van der Waals surface area contributed by atoms with Crippen molar-refractivity contribution in [2.75, 3.05) is 6.61 Å². The van der Waals surface area contributed by atoms with Gasteiger partial charge < -0.3 is 9.15 Å². The van der Waals surface area contributed by atoms with Crippen molar-refractivity contribution >= 4 is 11.0 Å². The van der Waals surface area contributed by atoms with Crippen LogP contribution in [0.4, 0.5) is 0 Å². The van der Waals surface area contributed by atoms with Crippen LogP contribution in [0.2, 0.25) is 0 Å². The Hall–Kier alpha value is -2.29. The normalized spacial score (nSPS) is 11.6. The Morgan fingerprint density at radius 3 is 2.70 bits per heavy atom. The van der Waals surface area contributed by atoms with Gasteiger partial charge in [-0.1, -0.05) is 17.2 Å². The number of aryl methyl sites for hydroxylation is 1. The second-order valence-electron chi connectivity index (χ2n) is 6.09. The topological polar surface area (TPSA) is 39.4 Å². The third-order valence-corrected chi connectivity index (χ3v) is 3.70. The van der Waals surface area contributed by atoms with Gasteiger partial charge >= 0.3 is 5.63 Å². The van der Waals surface area contributed by atoms with E-state index in [1.807, 2.05) is 19.1 Å². The lowest BCUT2D eigenvalue weighted by atomic mass is 10.1. The van der Waals surface area contributed by atoms with Crippen molar-refractivity contribution in [3.8, 4) is 5.75 Å². The molecule has 1 heterocycles. The fourth-order valence-corrected chi connectivity index (χ4v) is 2.37. The third kappa shape index (κ3) is 5.13. The minimum atomic E-state index is -0.331. The molecule has 0 bridgehead atoms. The van der Waals surface area contributed by atoms with Crippen LogP contribution in [-0.4, -0.2) is 6.61 Å². The van der Waals surface area contributed by atoms with Gasteiger partial charge in [-0.25, -0.2) is 4.79 Å². The maximum absolute atomic E-state index is 11.4. The van der Waals surface area contributed by atoms with Gasteiger partial charge in [-0.15, -0.1) is 0 Å². The van der Waals surface area contributed by atoms with Gasteiger partial charge in [-0.05, 0) is 64.3 Å². The minimum absolute atomic E-state index is 0.331. The lowest BCUT2D eigenvalue weighted by Gasteiger charge is -2.06. The molecule has 0 radical (unpaired) electrons. The molecule has 0 aliphatic heterocycles. The van der Waals surface area contributed by atoms with E-state index < -0.39 is 0 Å². The molecule has 0 spiro atoms. The van der Waals surface area contributed by atoms with Crippen molar-refractivity contribution in [1.29, 1.82) is 0 Å². The number of hydrogen-bond donors (Lipinski definition) is 0. The molecule has 3 heteroatoms. The van der Waals surface area contributed by atoms with E-state index in [1.165, 1.54) is 17.2 Å². The molecule has 0 amide bonds. The van der Waals surface area contributed by atoms with Crippen LogP contribution in [0.5, 0.6) is 5.75 Å². The number of ether oxygens (including phenoxy) is 1. The van der Waals surface area contributed by atoms with Crippen molar-refractivity contribution in [3.05, 3.63) is 63.5 Å². The van der Waals surface area contributed by atoms with Crippen LogP contribution < -0.4 is 10.4 Å². The van der Waals surface area contributed by atoms with Gasteiger partial charge in [0.25, 0.3) is 0 Å². The van der Waals surface area contributed by atoms with E-state index in [0.717, 1.165) is 23.8 Å². The van der Waals surface area contributed by atoms with Gasteiger partial charge in [0.05, 0.1) is 0 Å². The summed E-state index contributed by atoms with van der Waals surface area (Å²) in [7, 11) is 0. The SMILES string of the molecule is CC(C)=CCC/C(C)=C/COc1ccc2c(C)cc(=O)oc2c1. The summed E-state index contributed by atoms with van der Waals surface area (Å²) >= 11 is 0. The van der Waals surface area contributed by atoms with E-state index in [9.17, 15) is 4.79 Å². The zero-order valence-electron chi connectivity index (χ0n) is 14.3. The predicted octanol–water partition coefficient (Wildman–Crippen LogP) is 5.17. The van der Waals surface area contributed by atoms with Crippen LogP contribution >= 0.6 is 0 Å². The van der Waals surface area contributed by atoms with Crippen LogP contribution in [0, 0.1) is 6.92 Å². The average molecular weight is 312 g/mol. The second kappa shape index (κ2) is 7.82. The highest BCUT2D eigenvalue weighted by molar-refractivity contribution is 5.81. The maximum atomic E-state index is 11.4. The zero-order chi connectivity index (χ0) is 16.8. The highest BCUT2D eigenvalue weighted by atomic mass is 16.5. The molecular weight excluding hydrogens is 288 g/mol. The van der Waals surface area contributed by atoms with E-state index in [1.54, 1.807) is 6.07 Å². The van der Waals surface area contributed by atoms with Gasteiger partial charge in [-0.3, -0.25) is 0 Å². The Bertz CT molecular complexity index is 790. The molecule has 2 rings (SSSR count). The minimum Gasteiger partial charge on any atom is -0.489 e. The Kier molecular flexibility index (Phi) is 5.80. The molecule has 2 aromatic rings. The first-order valence-electron chi connectivity index (χ1n) is 7.92. The molecule has 0 unspecified atom stereocenters. The second-order valence-corrected chi connectivity index (χ2v) is 6.09. The predicted molar refractivity (Wildman–Crippen MR) is 95.1 cm³/mol. The number of hydrogen-bond acceptors (Lipinski definition) is 3. The van der Waals surface area contributed by atoms with E-state index >= 15 is 0 Å². The molecule has 0 saturated carbocycles. The molecule has 23 heavy (non-hydrogen) atoms. The molecule has 122 valence electrons. The van der Waals surface area contributed by atoms with Gasteiger partial charge in [-0.2, -0.15) is 0 Å². The van der Waals surface area contributed by atoms with E-state index in [2.05, 4.69) is 32.9 Å². The third-order valence-electron chi connectivity index (χ3n) is 3.70. The van der Waals surface area contributed by atoms with Crippen molar-refractivity contribution in [3.63, 3.8) is 0 Å². The fraction of sp³-hybridized carbons (Fsp3) is 0.350. The van der Waals surface area contributed by atoms with Gasteiger partial charge in [0.1, 0.15) is 17.9 Å². The number of allylic oxidation sites excluding steroid dienone is 3. The van der Waals surface area contributed by atoms with Gasteiger partial charge in [0.2, 0.25) is 0 Å². The highest BCUT2D eigenvalue weighted by Gasteiger charge is 2.03. The first-order valence-corrected chi connectivity index (χ1v) is 7.92. The number of rotatable bonds is 6. The average Bonchev–Trinajstić information content (AvgIpc) is 2.46. The quantitative estimate of drug-likeness (QED) is 0.545. The Morgan fingerprint density at radius 2 is 1.96 bits per heavy atom. The van der Waals surface area contributed by atoms with E-state index in [0.29, 0.717) is 17.9 Å². The molecule has 0 aliphatic rings. The summed E-state index contributed by atoms with van der Waals surface area (Å²) in [5.41, 5.74) is 3.81. The lowest BCUT2D eigenvalue weighted by Crippen LogP contribution is -1.99. The van der Waals surface area contributed by atoms with Crippen molar-refractivity contribution < 1.29 is 9.15 Å². The van der Waals surface area contributed by atoms with Crippen LogP contribution in [-0.2, 0) is 0 Å². The smallest absolute Gasteiger partial charge is 0.336 e. The van der Waals surface area contributed by atoms with Crippen molar-refractivity contribution in [1.82, 2.24) is 0 Å². The zero-order valence-corrected chi connectivity index (χ0v) is 14.3. The van der Waals surface area contributed by atoms with Crippen molar-refractivity contribution in [2.45, 2.75) is 40.5 Å². The van der Waals surface area contributed by atoms with Crippen LogP contribution in [0.15, 0.2) is 56.8 Å². The molecule has 1 aromatic carbocycles. The first-order chi connectivity index (χ1) is 11.0. The molecule has 1 aromatic heterocycles. The summed E-state index contributed by atoms with van der Waals surface area (Å²) < 4.78 is 11.0. The van der Waals surface area contributed by atoms with Crippen molar-refractivity contribution in [2.24, 2.45) is 0 Å². The standard InChI is InChI=1S/C20H24O3/c1-14(2)6-5-7-15(3)10-11-22-17-8-9-18-16(4)12-20(21)23-19(18)13-17/h6,8-10,12-13H,5,7,11H2,1-4H3/b15-10+. The van der Waals surface area contributed by atoms with E-state index in [4.69, 9.17) is 9.15 Å². The molecule has 0 fully saturated rings. The van der Waals surface area contributed by atoms with Crippen LogP contribution in [0.25, 0.3) is 11.0 Å². The monoisotopic (exact) mass is 312 g/mol. The Balaban J connectivity index is 1.99. The van der Waals surface area contributed by atoms with Gasteiger partial charge in [0, 0.05) is 17.5 Å². The van der Waals surface area contributed by atoms with Gasteiger partial charge in [0.15, 0.2) is 0 Å². The molecular formula is C20H24O3. The van der Waals surface area contributed by atoms with Crippen LogP contribution in [0.3, 0.4) is 0 Å². The molecule has 0 atom stereocenters. The summed E-state index contributed by atoms with van der Waals surface area (Å²) in [5.74, 6) is 0.708. The molecule has 0 N–H and O–H groups in total. The summed E-state index contributed by atoms with van der Waals surface area (Å²) in [6.45, 7) is 8.76. The highest BCUT2D eigenvalue weighted by Crippen LogP contribution is 2.22. The number of benzene rings is 1. The van der Waals surface area contributed by atoms with Crippen LogP contribution in [0.1, 0.15) is 39.2 Å². The molecule has 0 saturated heterocycles. The first kappa shape index (κ1) is 17.1. The summed E-state index contributed by atoms with van der Waals surface area (Å²) in [4.78, 5) is 11.4. The summed E-state index contributed by atoms with van der Waals surface area (Å²) in [5, 5.41) is 0.936. The maximum Gasteiger partial charge on any atom is 0.336 e. The van der Waals surface area contributed by atoms with E-state index in [-0.39, 0.29) is 5.63 Å². The lowest BCUT2D eigenvalue weighted by molar-refractivity contribution is 0.361. The molecule has 3 nitrogen and oxygen atoms in total. The Morgan fingerprint density at radius 1 is 1.17 bits per heavy atom. The summed E-state index contributed by atoms with van der Waals surface area (Å²) in [6.07, 6.45) is 6.44.